The predicted molar refractivity (Wildman–Crippen MR) is 66.4 cm³/mol. The van der Waals surface area contributed by atoms with Crippen LogP contribution in [-0.4, -0.2) is 11.1 Å². The summed E-state index contributed by atoms with van der Waals surface area (Å²) >= 11 is 0. The normalized spacial score (nSPS) is 30.6. The molecule has 0 bridgehead atoms. The zero-order chi connectivity index (χ0) is 12.2. The number of aliphatic carboxylic acids is 1. The maximum Gasteiger partial charge on any atom is 0.309 e. The maximum atomic E-state index is 11.6. The van der Waals surface area contributed by atoms with Gasteiger partial charge in [-0.2, -0.15) is 0 Å². The lowest BCUT2D eigenvalue weighted by atomic mass is 9.65. The molecule has 16 heavy (non-hydrogen) atoms. The van der Waals surface area contributed by atoms with Gasteiger partial charge in [0.15, 0.2) is 0 Å². The van der Waals surface area contributed by atoms with Gasteiger partial charge in [-0.1, -0.05) is 46.5 Å². The summed E-state index contributed by atoms with van der Waals surface area (Å²) in [5.41, 5.74) is -0.408. The molecule has 2 nitrogen and oxygen atoms in total. The number of hydrogen-bond acceptors (Lipinski definition) is 1. The molecule has 0 amide bonds. The van der Waals surface area contributed by atoms with Crippen molar-refractivity contribution in [3.8, 4) is 0 Å². The molecule has 0 aliphatic heterocycles. The Balaban J connectivity index is 2.75. The number of hydrogen-bond donors (Lipinski definition) is 1. The monoisotopic (exact) mass is 226 g/mol. The Labute approximate surface area is 99.4 Å². The van der Waals surface area contributed by atoms with Crippen molar-refractivity contribution in [3.63, 3.8) is 0 Å². The molecule has 0 aromatic rings. The van der Waals surface area contributed by atoms with Crippen LogP contribution in [0.2, 0.25) is 0 Å². The van der Waals surface area contributed by atoms with E-state index in [1.807, 2.05) is 0 Å². The lowest BCUT2D eigenvalue weighted by Crippen LogP contribution is -2.37. The van der Waals surface area contributed by atoms with Crippen molar-refractivity contribution < 1.29 is 9.90 Å². The van der Waals surface area contributed by atoms with Crippen LogP contribution < -0.4 is 0 Å². The van der Waals surface area contributed by atoms with Crippen LogP contribution in [0.4, 0.5) is 0 Å². The first-order chi connectivity index (χ1) is 7.54. The minimum atomic E-state index is -0.550. The van der Waals surface area contributed by atoms with Crippen LogP contribution in [0, 0.1) is 17.3 Å². The van der Waals surface area contributed by atoms with Crippen molar-refractivity contribution in [1.29, 1.82) is 0 Å². The first-order valence-corrected chi connectivity index (χ1v) is 6.77. The highest BCUT2D eigenvalue weighted by Gasteiger charge is 2.42. The molecule has 2 atom stereocenters. The average molecular weight is 226 g/mol. The van der Waals surface area contributed by atoms with Crippen LogP contribution in [0.25, 0.3) is 0 Å². The standard InChI is InChI=1S/C14H26O2/c1-4-12(5-2)10-14(13(15)16)8-6-7-11(3)9-14/h11-12H,4-10H2,1-3H3,(H,15,16). The van der Waals surface area contributed by atoms with Crippen LogP contribution in [0.15, 0.2) is 0 Å². The van der Waals surface area contributed by atoms with Gasteiger partial charge in [-0.15, -0.1) is 0 Å². The summed E-state index contributed by atoms with van der Waals surface area (Å²) in [6.45, 7) is 6.55. The molecule has 0 aromatic carbocycles. The summed E-state index contributed by atoms with van der Waals surface area (Å²) < 4.78 is 0. The second-order valence-electron chi connectivity index (χ2n) is 5.67. The second kappa shape index (κ2) is 5.70. The van der Waals surface area contributed by atoms with Crippen molar-refractivity contribution in [2.24, 2.45) is 17.3 Å². The maximum absolute atomic E-state index is 11.6. The van der Waals surface area contributed by atoms with Crippen LogP contribution in [-0.2, 0) is 4.79 Å². The van der Waals surface area contributed by atoms with Crippen LogP contribution in [0.5, 0.6) is 0 Å². The van der Waals surface area contributed by atoms with Gasteiger partial charge in [0.1, 0.15) is 0 Å². The Morgan fingerprint density at radius 3 is 2.50 bits per heavy atom. The van der Waals surface area contributed by atoms with E-state index in [1.165, 1.54) is 6.42 Å². The molecule has 1 fully saturated rings. The summed E-state index contributed by atoms with van der Waals surface area (Å²) in [5.74, 6) is 0.617. The quantitative estimate of drug-likeness (QED) is 0.766. The number of rotatable bonds is 5. The lowest BCUT2D eigenvalue weighted by Gasteiger charge is -2.38. The number of carboxylic acid groups (broad SMARTS) is 1. The molecule has 2 unspecified atom stereocenters. The Morgan fingerprint density at radius 1 is 1.44 bits per heavy atom. The predicted octanol–water partition coefficient (Wildman–Crippen LogP) is 4.09. The van der Waals surface area contributed by atoms with Crippen molar-refractivity contribution in [1.82, 2.24) is 0 Å². The summed E-state index contributed by atoms with van der Waals surface area (Å²) in [7, 11) is 0. The van der Waals surface area contributed by atoms with Crippen molar-refractivity contribution in [2.45, 2.75) is 65.7 Å². The molecule has 0 radical (unpaired) electrons. The van der Waals surface area contributed by atoms with E-state index in [-0.39, 0.29) is 0 Å². The van der Waals surface area contributed by atoms with E-state index < -0.39 is 11.4 Å². The van der Waals surface area contributed by atoms with E-state index in [0.29, 0.717) is 11.8 Å². The van der Waals surface area contributed by atoms with Crippen molar-refractivity contribution >= 4 is 5.97 Å². The Hall–Kier alpha value is -0.530. The molecule has 0 heterocycles. The van der Waals surface area contributed by atoms with Gasteiger partial charge in [0.25, 0.3) is 0 Å². The van der Waals surface area contributed by atoms with Gasteiger partial charge in [-0.3, -0.25) is 4.79 Å². The van der Waals surface area contributed by atoms with E-state index in [9.17, 15) is 9.90 Å². The Morgan fingerprint density at radius 2 is 2.06 bits per heavy atom. The largest absolute Gasteiger partial charge is 0.481 e. The number of carboxylic acids is 1. The SMILES string of the molecule is CCC(CC)CC1(C(=O)O)CCCC(C)C1. The minimum absolute atomic E-state index is 0.408. The highest BCUT2D eigenvalue weighted by molar-refractivity contribution is 5.74. The third-order valence-corrected chi connectivity index (χ3v) is 4.38. The molecular formula is C14H26O2. The van der Waals surface area contributed by atoms with Gasteiger partial charge >= 0.3 is 5.97 Å². The highest BCUT2D eigenvalue weighted by Crippen LogP contribution is 2.45. The molecule has 0 aromatic heterocycles. The molecule has 0 saturated heterocycles. The molecule has 1 N–H and O–H groups in total. The highest BCUT2D eigenvalue weighted by atomic mass is 16.4. The second-order valence-corrected chi connectivity index (χ2v) is 5.67. The first-order valence-electron chi connectivity index (χ1n) is 6.77. The van der Waals surface area contributed by atoms with Gasteiger partial charge in [0, 0.05) is 0 Å². The fourth-order valence-electron chi connectivity index (χ4n) is 3.26. The summed E-state index contributed by atoms with van der Waals surface area (Å²) in [6.07, 6.45) is 7.19. The van der Waals surface area contributed by atoms with E-state index >= 15 is 0 Å². The average Bonchev–Trinajstić information content (AvgIpc) is 2.25. The molecule has 1 saturated carbocycles. The fourth-order valence-corrected chi connectivity index (χ4v) is 3.26. The molecule has 1 rings (SSSR count). The van der Waals surface area contributed by atoms with Gasteiger partial charge in [-0.25, -0.2) is 0 Å². The smallest absolute Gasteiger partial charge is 0.309 e. The van der Waals surface area contributed by atoms with Crippen molar-refractivity contribution in [3.05, 3.63) is 0 Å². The molecule has 2 heteroatoms. The summed E-state index contributed by atoms with van der Waals surface area (Å²) in [4.78, 5) is 11.6. The van der Waals surface area contributed by atoms with Gasteiger partial charge in [-0.05, 0) is 31.1 Å². The minimum Gasteiger partial charge on any atom is -0.481 e. The van der Waals surface area contributed by atoms with Crippen LogP contribution in [0.3, 0.4) is 0 Å². The molecular weight excluding hydrogens is 200 g/mol. The van der Waals surface area contributed by atoms with Gasteiger partial charge in [0.05, 0.1) is 5.41 Å². The number of carbonyl (C=O) groups is 1. The van der Waals surface area contributed by atoms with Crippen LogP contribution in [0.1, 0.15) is 65.7 Å². The zero-order valence-electron chi connectivity index (χ0n) is 11.0. The molecule has 1 aliphatic carbocycles. The summed E-state index contributed by atoms with van der Waals surface area (Å²) in [5, 5.41) is 9.55. The third kappa shape index (κ3) is 2.99. The van der Waals surface area contributed by atoms with E-state index in [4.69, 9.17) is 0 Å². The first kappa shape index (κ1) is 13.5. The Kier molecular flexibility index (Phi) is 4.82. The fraction of sp³-hybridized carbons (Fsp3) is 0.929. The zero-order valence-corrected chi connectivity index (χ0v) is 11.0. The van der Waals surface area contributed by atoms with E-state index in [2.05, 4.69) is 20.8 Å². The summed E-state index contributed by atoms with van der Waals surface area (Å²) in [6, 6.07) is 0. The molecule has 1 aliphatic rings. The topological polar surface area (TPSA) is 37.3 Å². The van der Waals surface area contributed by atoms with Gasteiger partial charge in [0.2, 0.25) is 0 Å². The van der Waals surface area contributed by atoms with E-state index in [0.717, 1.165) is 38.5 Å². The lowest BCUT2D eigenvalue weighted by molar-refractivity contribution is -0.153. The van der Waals surface area contributed by atoms with Crippen molar-refractivity contribution in [2.75, 3.05) is 0 Å². The molecule has 94 valence electrons. The van der Waals surface area contributed by atoms with Crippen LogP contribution >= 0.6 is 0 Å². The Bertz CT molecular complexity index is 233. The molecule has 0 spiro atoms. The van der Waals surface area contributed by atoms with E-state index in [1.54, 1.807) is 0 Å². The van der Waals surface area contributed by atoms with Gasteiger partial charge < -0.3 is 5.11 Å². The third-order valence-electron chi connectivity index (χ3n) is 4.38.